The number of anilines is 1. The Kier molecular flexibility index (Phi) is 4.35. The van der Waals surface area contributed by atoms with Crippen LogP contribution in [0.2, 0.25) is 10.0 Å². The third-order valence-corrected chi connectivity index (χ3v) is 2.63. The molecule has 1 aromatic rings. The fourth-order valence-corrected chi connectivity index (χ4v) is 2.09. The molecule has 0 spiro atoms. The Morgan fingerprint density at radius 2 is 1.94 bits per heavy atom. The Morgan fingerprint density at radius 1 is 1.44 bits per heavy atom. The number of nitro groups is 1. The zero-order chi connectivity index (χ0) is 12.3. The van der Waals surface area contributed by atoms with E-state index < -0.39 is 4.92 Å². The maximum absolute atomic E-state index is 10.6. The summed E-state index contributed by atoms with van der Waals surface area (Å²) >= 11 is 11.9. The first-order valence-electron chi connectivity index (χ1n) is 4.52. The van der Waals surface area contributed by atoms with Crippen LogP contribution in [0.3, 0.4) is 0 Å². The van der Waals surface area contributed by atoms with Gasteiger partial charge in [-0.1, -0.05) is 23.2 Å². The van der Waals surface area contributed by atoms with Gasteiger partial charge in [0.25, 0.3) is 5.69 Å². The second-order valence-electron chi connectivity index (χ2n) is 3.23. The van der Waals surface area contributed by atoms with Gasteiger partial charge < -0.3 is 10.6 Å². The van der Waals surface area contributed by atoms with Crippen LogP contribution in [0.15, 0.2) is 12.1 Å². The third kappa shape index (κ3) is 2.75. The first kappa shape index (κ1) is 13.0. The molecular formula is C9H11Cl2N3O2. The Labute approximate surface area is 103 Å². The molecule has 0 atom stereocenters. The number of rotatable bonds is 4. The molecule has 0 aliphatic rings. The molecule has 0 aliphatic carbocycles. The van der Waals surface area contributed by atoms with E-state index in [9.17, 15) is 10.1 Å². The number of nitro benzene ring substituents is 1. The van der Waals surface area contributed by atoms with Crippen LogP contribution in [-0.2, 0) is 0 Å². The number of likely N-dealkylation sites (N-methyl/N-ethyl adjacent to an activating group) is 1. The van der Waals surface area contributed by atoms with Crippen molar-refractivity contribution in [2.75, 3.05) is 25.0 Å². The molecule has 0 heterocycles. The van der Waals surface area contributed by atoms with E-state index in [1.807, 2.05) is 0 Å². The third-order valence-electron chi connectivity index (χ3n) is 2.06. The van der Waals surface area contributed by atoms with Crippen molar-refractivity contribution < 1.29 is 4.92 Å². The molecule has 2 N–H and O–H groups in total. The van der Waals surface area contributed by atoms with E-state index in [-0.39, 0.29) is 15.7 Å². The van der Waals surface area contributed by atoms with Gasteiger partial charge in [-0.05, 0) is 0 Å². The molecule has 0 radical (unpaired) electrons. The summed E-state index contributed by atoms with van der Waals surface area (Å²) in [7, 11) is 1.77. The van der Waals surface area contributed by atoms with Crippen LogP contribution >= 0.6 is 23.2 Å². The van der Waals surface area contributed by atoms with Gasteiger partial charge in [0.1, 0.15) is 0 Å². The molecule has 1 aromatic carbocycles. The number of nitrogens with zero attached hydrogens (tertiary/aromatic N) is 2. The first-order valence-corrected chi connectivity index (χ1v) is 5.27. The van der Waals surface area contributed by atoms with Crippen molar-refractivity contribution in [2.24, 2.45) is 5.73 Å². The van der Waals surface area contributed by atoms with Gasteiger partial charge in [-0.15, -0.1) is 0 Å². The summed E-state index contributed by atoms with van der Waals surface area (Å²) in [5, 5.41) is 11.1. The molecule has 16 heavy (non-hydrogen) atoms. The average Bonchev–Trinajstić information content (AvgIpc) is 2.16. The molecule has 0 bridgehead atoms. The van der Waals surface area contributed by atoms with E-state index in [1.165, 1.54) is 12.1 Å². The summed E-state index contributed by atoms with van der Waals surface area (Å²) in [4.78, 5) is 11.8. The van der Waals surface area contributed by atoms with E-state index in [0.717, 1.165) is 0 Å². The van der Waals surface area contributed by atoms with Crippen molar-refractivity contribution in [3.8, 4) is 0 Å². The molecule has 0 unspecified atom stereocenters. The van der Waals surface area contributed by atoms with Crippen LogP contribution in [0.25, 0.3) is 0 Å². The maximum Gasteiger partial charge on any atom is 0.272 e. The summed E-state index contributed by atoms with van der Waals surface area (Å²) in [6, 6.07) is 2.55. The molecule has 0 aliphatic heterocycles. The van der Waals surface area contributed by atoms with Crippen molar-refractivity contribution in [2.45, 2.75) is 0 Å². The first-order chi connectivity index (χ1) is 7.47. The number of halogens is 2. The lowest BCUT2D eigenvalue weighted by molar-refractivity contribution is -0.384. The minimum atomic E-state index is -0.537. The van der Waals surface area contributed by atoms with Gasteiger partial charge in [0.15, 0.2) is 0 Å². The molecule has 0 amide bonds. The summed E-state index contributed by atoms with van der Waals surface area (Å²) in [5.74, 6) is 0. The maximum atomic E-state index is 10.6. The minimum Gasteiger partial charge on any atom is -0.371 e. The Balaban J connectivity index is 3.17. The Morgan fingerprint density at radius 3 is 2.31 bits per heavy atom. The van der Waals surface area contributed by atoms with Crippen LogP contribution in [-0.4, -0.2) is 25.1 Å². The lowest BCUT2D eigenvalue weighted by Crippen LogP contribution is -2.25. The summed E-state index contributed by atoms with van der Waals surface area (Å²) in [6.07, 6.45) is 0. The van der Waals surface area contributed by atoms with Crippen LogP contribution < -0.4 is 10.6 Å². The zero-order valence-electron chi connectivity index (χ0n) is 8.61. The molecule has 0 saturated carbocycles. The molecular weight excluding hydrogens is 253 g/mol. The number of benzene rings is 1. The van der Waals surface area contributed by atoms with Crippen molar-refractivity contribution in [3.63, 3.8) is 0 Å². The van der Waals surface area contributed by atoms with Gasteiger partial charge in [0, 0.05) is 32.3 Å². The lowest BCUT2D eigenvalue weighted by Gasteiger charge is -2.20. The highest BCUT2D eigenvalue weighted by Crippen LogP contribution is 2.36. The quantitative estimate of drug-likeness (QED) is 0.669. The predicted octanol–water partition coefficient (Wildman–Crippen LogP) is 2.30. The van der Waals surface area contributed by atoms with E-state index >= 15 is 0 Å². The van der Waals surface area contributed by atoms with E-state index in [4.69, 9.17) is 28.9 Å². The topological polar surface area (TPSA) is 72.4 Å². The van der Waals surface area contributed by atoms with Gasteiger partial charge in [0.05, 0.1) is 20.7 Å². The SMILES string of the molecule is CN(CCN)c1c(Cl)cc([N+](=O)[O-])cc1Cl. The highest BCUT2D eigenvalue weighted by Gasteiger charge is 2.16. The molecule has 88 valence electrons. The predicted molar refractivity (Wildman–Crippen MR) is 65.4 cm³/mol. The second-order valence-corrected chi connectivity index (χ2v) is 4.04. The highest BCUT2D eigenvalue weighted by molar-refractivity contribution is 6.39. The Hall–Kier alpha value is -1.04. The number of nitrogens with two attached hydrogens (primary N) is 1. The van der Waals surface area contributed by atoms with Gasteiger partial charge in [-0.25, -0.2) is 0 Å². The number of hydrogen-bond donors (Lipinski definition) is 1. The van der Waals surface area contributed by atoms with Crippen molar-refractivity contribution in [1.29, 1.82) is 0 Å². The van der Waals surface area contributed by atoms with Crippen LogP contribution in [0, 0.1) is 10.1 Å². The fourth-order valence-electron chi connectivity index (χ4n) is 1.33. The number of hydrogen-bond acceptors (Lipinski definition) is 4. The molecule has 0 aromatic heterocycles. The zero-order valence-corrected chi connectivity index (χ0v) is 10.1. The summed E-state index contributed by atoms with van der Waals surface area (Å²) in [5.41, 5.74) is 5.84. The lowest BCUT2D eigenvalue weighted by atomic mass is 10.2. The summed E-state index contributed by atoms with van der Waals surface area (Å²) in [6.45, 7) is 1.01. The van der Waals surface area contributed by atoms with Gasteiger partial charge >= 0.3 is 0 Å². The molecule has 0 fully saturated rings. The smallest absolute Gasteiger partial charge is 0.272 e. The molecule has 1 rings (SSSR count). The average molecular weight is 264 g/mol. The normalized spacial score (nSPS) is 10.2. The molecule has 7 heteroatoms. The summed E-state index contributed by atoms with van der Waals surface area (Å²) < 4.78 is 0. The van der Waals surface area contributed by atoms with Crippen LogP contribution in [0.4, 0.5) is 11.4 Å². The largest absolute Gasteiger partial charge is 0.371 e. The minimum absolute atomic E-state index is 0.125. The van der Waals surface area contributed by atoms with Gasteiger partial charge in [0.2, 0.25) is 0 Å². The van der Waals surface area contributed by atoms with Crippen molar-refractivity contribution in [3.05, 3.63) is 32.3 Å². The second kappa shape index (κ2) is 5.34. The Bertz CT molecular complexity index is 389. The molecule has 0 saturated heterocycles. The monoisotopic (exact) mass is 263 g/mol. The van der Waals surface area contributed by atoms with Gasteiger partial charge in [-0.2, -0.15) is 0 Å². The standard InChI is InChI=1S/C9H11Cl2N3O2/c1-13(3-2-12)9-7(10)4-6(14(15)16)5-8(9)11/h4-5H,2-3,12H2,1H3. The van der Waals surface area contributed by atoms with Crippen molar-refractivity contribution in [1.82, 2.24) is 0 Å². The van der Waals surface area contributed by atoms with E-state index in [1.54, 1.807) is 11.9 Å². The van der Waals surface area contributed by atoms with E-state index in [2.05, 4.69) is 0 Å². The molecule has 5 nitrogen and oxygen atoms in total. The van der Waals surface area contributed by atoms with E-state index in [0.29, 0.717) is 18.8 Å². The van der Waals surface area contributed by atoms with Gasteiger partial charge in [-0.3, -0.25) is 10.1 Å². The fraction of sp³-hybridized carbons (Fsp3) is 0.333. The van der Waals surface area contributed by atoms with Crippen LogP contribution in [0.5, 0.6) is 0 Å². The number of non-ortho nitro benzene ring substituents is 1. The van der Waals surface area contributed by atoms with Crippen molar-refractivity contribution >= 4 is 34.6 Å². The van der Waals surface area contributed by atoms with Crippen LogP contribution in [0.1, 0.15) is 0 Å². The highest BCUT2D eigenvalue weighted by atomic mass is 35.5.